The number of phenols is 1. The Hall–Kier alpha value is -2.97. The number of phenolic OH excluding ortho intramolecular Hbond substituents is 1. The van der Waals surface area contributed by atoms with Gasteiger partial charge in [0.15, 0.2) is 15.6 Å². The quantitative estimate of drug-likeness (QED) is 0.512. The van der Waals surface area contributed by atoms with Crippen molar-refractivity contribution in [2.45, 2.75) is 25.3 Å². The number of furan rings is 1. The predicted molar refractivity (Wildman–Crippen MR) is 113 cm³/mol. The number of aryl methyl sites for hydroxylation is 1. The van der Waals surface area contributed by atoms with Crippen molar-refractivity contribution in [1.29, 1.82) is 0 Å². The molecular formula is C21H20ClNO6S. The second kappa shape index (κ2) is 8.81. The molecule has 0 fully saturated rings. The monoisotopic (exact) mass is 449 g/mol. The summed E-state index contributed by atoms with van der Waals surface area (Å²) < 4.78 is 35.2. The SMILES string of the molecule is CCS(=O)(=O)c1ccc(O)c(NC(=O)c2ccc(COc3ccc(Cl)cc3C)o2)c1. The second-order valence-corrected chi connectivity index (χ2v) is 9.22. The summed E-state index contributed by atoms with van der Waals surface area (Å²) in [6.45, 7) is 3.48. The average Bonchev–Trinajstić information content (AvgIpc) is 3.18. The highest BCUT2D eigenvalue weighted by atomic mass is 35.5. The van der Waals surface area contributed by atoms with E-state index in [9.17, 15) is 18.3 Å². The maximum atomic E-state index is 12.5. The topological polar surface area (TPSA) is 106 Å². The van der Waals surface area contributed by atoms with Gasteiger partial charge in [-0.25, -0.2) is 8.42 Å². The number of rotatable bonds is 7. The summed E-state index contributed by atoms with van der Waals surface area (Å²) >= 11 is 5.92. The number of ether oxygens (including phenoxy) is 1. The van der Waals surface area contributed by atoms with Crippen LogP contribution in [-0.4, -0.2) is 25.2 Å². The Morgan fingerprint density at radius 2 is 1.93 bits per heavy atom. The molecule has 1 heterocycles. The van der Waals surface area contributed by atoms with Gasteiger partial charge in [0.25, 0.3) is 5.91 Å². The van der Waals surface area contributed by atoms with Crippen molar-refractivity contribution >= 4 is 33.0 Å². The lowest BCUT2D eigenvalue weighted by molar-refractivity contribution is 0.0992. The molecule has 0 saturated heterocycles. The summed E-state index contributed by atoms with van der Waals surface area (Å²) in [6.07, 6.45) is 0. The molecule has 0 unspecified atom stereocenters. The fraction of sp³-hybridized carbons (Fsp3) is 0.190. The van der Waals surface area contributed by atoms with Crippen LogP contribution < -0.4 is 10.1 Å². The van der Waals surface area contributed by atoms with Gasteiger partial charge in [0.05, 0.1) is 16.3 Å². The van der Waals surface area contributed by atoms with Crippen LogP contribution in [0.4, 0.5) is 5.69 Å². The van der Waals surface area contributed by atoms with Gasteiger partial charge < -0.3 is 19.6 Å². The first-order valence-corrected chi connectivity index (χ1v) is 11.1. The van der Waals surface area contributed by atoms with Crippen LogP contribution in [0.3, 0.4) is 0 Å². The summed E-state index contributed by atoms with van der Waals surface area (Å²) in [6, 6.07) is 12.0. The van der Waals surface area contributed by atoms with Crippen molar-refractivity contribution in [3.63, 3.8) is 0 Å². The number of benzene rings is 2. The van der Waals surface area contributed by atoms with E-state index in [0.717, 1.165) is 5.56 Å². The predicted octanol–water partition coefficient (Wildman–Crippen LogP) is 4.57. The van der Waals surface area contributed by atoms with Crippen LogP contribution in [0.25, 0.3) is 0 Å². The summed E-state index contributed by atoms with van der Waals surface area (Å²) in [5, 5.41) is 13.0. The van der Waals surface area contributed by atoms with Crippen molar-refractivity contribution in [1.82, 2.24) is 0 Å². The van der Waals surface area contributed by atoms with Gasteiger partial charge >= 0.3 is 0 Å². The molecule has 30 heavy (non-hydrogen) atoms. The zero-order valence-electron chi connectivity index (χ0n) is 16.3. The minimum absolute atomic E-state index is 0.00460. The second-order valence-electron chi connectivity index (χ2n) is 6.50. The van der Waals surface area contributed by atoms with Crippen molar-refractivity contribution < 1.29 is 27.5 Å². The van der Waals surface area contributed by atoms with Crippen LogP contribution >= 0.6 is 11.6 Å². The van der Waals surface area contributed by atoms with Crippen LogP contribution in [0.5, 0.6) is 11.5 Å². The van der Waals surface area contributed by atoms with Gasteiger partial charge in [0.1, 0.15) is 23.9 Å². The average molecular weight is 450 g/mol. The maximum Gasteiger partial charge on any atom is 0.291 e. The molecule has 7 nitrogen and oxygen atoms in total. The molecule has 0 bridgehead atoms. The van der Waals surface area contributed by atoms with Crippen LogP contribution in [0.2, 0.25) is 5.02 Å². The number of carbonyl (C=O) groups excluding carboxylic acids is 1. The van der Waals surface area contributed by atoms with E-state index in [4.69, 9.17) is 20.8 Å². The highest BCUT2D eigenvalue weighted by molar-refractivity contribution is 7.91. The van der Waals surface area contributed by atoms with Gasteiger partial charge in [-0.1, -0.05) is 18.5 Å². The number of sulfone groups is 1. The first-order valence-electron chi connectivity index (χ1n) is 9.04. The van der Waals surface area contributed by atoms with Gasteiger partial charge in [-0.3, -0.25) is 4.79 Å². The number of hydrogen-bond donors (Lipinski definition) is 2. The number of aromatic hydroxyl groups is 1. The highest BCUT2D eigenvalue weighted by Crippen LogP contribution is 2.28. The maximum absolute atomic E-state index is 12.5. The fourth-order valence-corrected chi connectivity index (χ4v) is 3.79. The first kappa shape index (κ1) is 21.7. The summed E-state index contributed by atoms with van der Waals surface area (Å²) in [5.74, 6) is 0.0584. The molecule has 1 amide bonds. The largest absolute Gasteiger partial charge is 0.506 e. The normalized spacial score (nSPS) is 11.3. The Bertz CT molecular complexity index is 1190. The van der Waals surface area contributed by atoms with Crippen molar-refractivity contribution in [3.8, 4) is 11.5 Å². The van der Waals surface area contributed by atoms with Gasteiger partial charge in [-0.15, -0.1) is 0 Å². The molecule has 3 aromatic rings. The molecule has 2 N–H and O–H groups in total. The van der Waals surface area contributed by atoms with E-state index in [1.54, 1.807) is 24.3 Å². The standard InChI is InChI=1S/C21H20ClNO6S/c1-3-30(26,27)16-6-7-18(24)17(11-16)23-21(25)20-9-5-15(29-20)12-28-19-8-4-14(22)10-13(19)2/h4-11,24H,3,12H2,1-2H3,(H,23,25). The smallest absolute Gasteiger partial charge is 0.291 e. The van der Waals surface area contributed by atoms with E-state index in [0.29, 0.717) is 16.5 Å². The number of amides is 1. The zero-order valence-corrected chi connectivity index (χ0v) is 17.9. The lowest BCUT2D eigenvalue weighted by atomic mass is 10.2. The molecule has 1 aromatic heterocycles. The molecule has 9 heteroatoms. The van der Waals surface area contributed by atoms with Crippen LogP contribution in [-0.2, 0) is 16.4 Å². The Kier molecular flexibility index (Phi) is 6.38. The number of anilines is 1. The third-order valence-corrected chi connectivity index (χ3v) is 6.32. The van der Waals surface area contributed by atoms with Crippen LogP contribution in [0.1, 0.15) is 28.8 Å². The van der Waals surface area contributed by atoms with E-state index in [1.165, 1.54) is 31.2 Å². The molecule has 0 aliphatic rings. The Balaban J connectivity index is 1.70. The summed E-state index contributed by atoms with van der Waals surface area (Å²) in [4.78, 5) is 12.5. The number of halogens is 1. The van der Waals surface area contributed by atoms with Crippen molar-refractivity contribution in [3.05, 3.63) is 70.6 Å². The minimum Gasteiger partial charge on any atom is -0.506 e. The lowest BCUT2D eigenvalue weighted by Gasteiger charge is -2.09. The molecule has 0 aliphatic heterocycles. The molecule has 3 rings (SSSR count). The van der Waals surface area contributed by atoms with Gasteiger partial charge in [0, 0.05) is 5.02 Å². The van der Waals surface area contributed by atoms with E-state index < -0.39 is 15.7 Å². The highest BCUT2D eigenvalue weighted by Gasteiger charge is 2.18. The lowest BCUT2D eigenvalue weighted by Crippen LogP contribution is -2.12. The van der Waals surface area contributed by atoms with Gasteiger partial charge in [-0.05, 0) is 61.0 Å². The Morgan fingerprint density at radius 3 is 2.63 bits per heavy atom. The molecular weight excluding hydrogens is 430 g/mol. The van der Waals surface area contributed by atoms with Crippen molar-refractivity contribution in [2.75, 3.05) is 11.1 Å². The minimum atomic E-state index is -3.48. The van der Waals surface area contributed by atoms with Crippen LogP contribution in [0.15, 0.2) is 57.8 Å². The van der Waals surface area contributed by atoms with Crippen molar-refractivity contribution in [2.24, 2.45) is 0 Å². The molecule has 2 aromatic carbocycles. The zero-order chi connectivity index (χ0) is 21.9. The molecule has 0 atom stereocenters. The Morgan fingerprint density at radius 1 is 1.17 bits per heavy atom. The van der Waals surface area contributed by atoms with E-state index in [1.807, 2.05) is 6.92 Å². The number of nitrogens with one attached hydrogen (secondary N) is 1. The van der Waals surface area contributed by atoms with E-state index >= 15 is 0 Å². The summed E-state index contributed by atoms with van der Waals surface area (Å²) in [5.41, 5.74) is 0.838. The number of carbonyl (C=O) groups is 1. The third-order valence-electron chi connectivity index (χ3n) is 4.35. The summed E-state index contributed by atoms with van der Waals surface area (Å²) in [7, 11) is -3.48. The third kappa shape index (κ3) is 4.95. The van der Waals surface area contributed by atoms with E-state index in [-0.39, 0.29) is 34.5 Å². The molecule has 158 valence electrons. The molecule has 0 spiro atoms. The molecule has 0 radical (unpaired) electrons. The molecule has 0 saturated carbocycles. The molecule has 0 aliphatic carbocycles. The van der Waals surface area contributed by atoms with Crippen LogP contribution in [0, 0.1) is 6.92 Å². The van der Waals surface area contributed by atoms with Gasteiger partial charge in [-0.2, -0.15) is 0 Å². The Labute approximate surface area is 179 Å². The van der Waals surface area contributed by atoms with Gasteiger partial charge in [0.2, 0.25) is 0 Å². The fourth-order valence-electron chi connectivity index (χ4n) is 2.66. The van der Waals surface area contributed by atoms with E-state index in [2.05, 4.69) is 5.32 Å². The number of hydrogen-bond acceptors (Lipinski definition) is 6. The first-order chi connectivity index (χ1) is 14.2.